The number of amidine groups is 1. The van der Waals surface area contributed by atoms with Gasteiger partial charge in [-0.05, 0) is 43.2 Å². The second-order valence-corrected chi connectivity index (χ2v) is 6.96. The van der Waals surface area contributed by atoms with Gasteiger partial charge in [0.1, 0.15) is 11.5 Å². The number of methoxy groups -OCH3 is 1. The fraction of sp³-hybridized carbons (Fsp3) is 0.250. The Morgan fingerprint density at radius 2 is 1.96 bits per heavy atom. The number of amides is 1. The average Bonchev–Trinajstić information content (AvgIpc) is 3.03. The summed E-state index contributed by atoms with van der Waals surface area (Å²) in [4.78, 5) is 12.2. The van der Waals surface area contributed by atoms with E-state index >= 15 is 0 Å². The third-order valence-corrected chi connectivity index (χ3v) is 4.99. The Morgan fingerprint density at radius 3 is 2.70 bits per heavy atom. The van der Waals surface area contributed by atoms with Crippen LogP contribution in [0.4, 0.5) is 0 Å². The van der Waals surface area contributed by atoms with Gasteiger partial charge in [0.2, 0.25) is 5.91 Å². The van der Waals surface area contributed by atoms with E-state index in [2.05, 4.69) is 15.5 Å². The molecular weight excluding hydrogens is 362 g/mol. The minimum absolute atomic E-state index is 0.0560. The number of rotatable bonds is 7. The van der Waals surface area contributed by atoms with Crippen LogP contribution >= 0.6 is 11.8 Å². The first-order chi connectivity index (χ1) is 13.2. The molecular formula is C20H21N3O3S. The molecule has 0 aliphatic carbocycles. The summed E-state index contributed by atoms with van der Waals surface area (Å²) in [6, 6.07) is 15.3. The van der Waals surface area contributed by atoms with Gasteiger partial charge in [0.25, 0.3) is 0 Å². The molecule has 1 fully saturated rings. The van der Waals surface area contributed by atoms with Gasteiger partial charge in [-0.15, -0.1) is 5.10 Å². The van der Waals surface area contributed by atoms with E-state index in [1.165, 1.54) is 11.8 Å². The molecule has 27 heavy (non-hydrogen) atoms. The number of thioether (sulfide) groups is 1. The van der Waals surface area contributed by atoms with Crippen molar-refractivity contribution >= 4 is 29.1 Å². The molecule has 2 aromatic rings. The van der Waals surface area contributed by atoms with Gasteiger partial charge in [-0.1, -0.05) is 36.0 Å². The van der Waals surface area contributed by atoms with Crippen LogP contribution in [0.5, 0.6) is 11.5 Å². The highest BCUT2D eigenvalue weighted by Gasteiger charge is 2.30. The molecule has 7 heteroatoms. The molecule has 0 aromatic heterocycles. The lowest BCUT2D eigenvalue weighted by Crippen LogP contribution is -2.25. The SMILES string of the molecule is CCOc1ccccc1/C=N/N=C1\NC(=O)C(Cc2ccc(OC)cc2)S1. The number of para-hydroxylation sites is 1. The number of carbonyl (C=O) groups excluding carboxylic acids is 1. The Balaban J connectivity index is 1.62. The summed E-state index contributed by atoms with van der Waals surface area (Å²) < 4.78 is 10.7. The van der Waals surface area contributed by atoms with E-state index in [1.807, 2.05) is 55.5 Å². The van der Waals surface area contributed by atoms with Crippen LogP contribution in [-0.2, 0) is 11.2 Å². The van der Waals surface area contributed by atoms with Gasteiger partial charge >= 0.3 is 0 Å². The molecule has 1 amide bonds. The molecule has 0 radical (unpaired) electrons. The molecule has 1 aliphatic heterocycles. The molecule has 6 nitrogen and oxygen atoms in total. The number of hydrogen-bond donors (Lipinski definition) is 1. The maximum Gasteiger partial charge on any atom is 0.239 e. The van der Waals surface area contributed by atoms with Crippen molar-refractivity contribution in [2.24, 2.45) is 10.2 Å². The van der Waals surface area contributed by atoms with Crippen molar-refractivity contribution in [2.45, 2.75) is 18.6 Å². The van der Waals surface area contributed by atoms with Crippen LogP contribution in [0.1, 0.15) is 18.1 Å². The first-order valence-corrected chi connectivity index (χ1v) is 9.51. The Kier molecular flexibility index (Phi) is 6.49. The lowest BCUT2D eigenvalue weighted by atomic mass is 10.1. The highest BCUT2D eigenvalue weighted by molar-refractivity contribution is 8.15. The summed E-state index contributed by atoms with van der Waals surface area (Å²) >= 11 is 1.39. The summed E-state index contributed by atoms with van der Waals surface area (Å²) in [7, 11) is 1.63. The summed E-state index contributed by atoms with van der Waals surface area (Å²) in [5.74, 6) is 1.50. The van der Waals surface area contributed by atoms with Crippen molar-refractivity contribution in [3.8, 4) is 11.5 Å². The summed E-state index contributed by atoms with van der Waals surface area (Å²) in [5.41, 5.74) is 1.91. The number of nitrogens with one attached hydrogen (secondary N) is 1. The predicted molar refractivity (Wildman–Crippen MR) is 109 cm³/mol. The molecule has 1 aliphatic rings. The van der Waals surface area contributed by atoms with E-state index in [9.17, 15) is 4.79 Å². The van der Waals surface area contributed by atoms with Crippen molar-refractivity contribution in [1.29, 1.82) is 0 Å². The van der Waals surface area contributed by atoms with E-state index in [0.717, 1.165) is 22.6 Å². The second kappa shape index (κ2) is 9.23. The zero-order chi connectivity index (χ0) is 19.1. The maximum absolute atomic E-state index is 12.2. The van der Waals surface area contributed by atoms with Crippen molar-refractivity contribution < 1.29 is 14.3 Å². The lowest BCUT2D eigenvalue weighted by Gasteiger charge is -2.06. The number of hydrogen-bond acceptors (Lipinski definition) is 6. The third kappa shape index (κ3) is 5.10. The second-order valence-electron chi connectivity index (χ2n) is 5.77. The minimum atomic E-state index is -0.219. The molecule has 1 N–H and O–H groups in total. The fourth-order valence-corrected chi connectivity index (χ4v) is 3.54. The molecule has 0 spiro atoms. The first kappa shape index (κ1) is 19.0. The van der Waals surface area contributed by atoms with Crippen molar-refractivity contribution in [3.05, 3.63) is 59.7 Å². The number of benzene rings is 2. The normalized spacial score (nSPS) is 18.1. The van der Waals surface area contributed by atoms with E-state index in [-0.39, 0.29) is 11.2 Å². The number of ether oxygens (including phenoxy) is 2. The number of nitrogens with zero attached hydrogens (tertiary/aromatic N) is 2. The Bertz CT molecular complexity index is 850. The molecule has 1 unspecified atom stereocenters. The van der Waals surface area contributed by atoms with E-state index < -0.39 is 0 Å². The van der Waals surface area contributed by atoms with Crippen LogP contribution in [0.2, 0.25) is 0 Å². The van der Waals surface area contributed by atoms with Crippen LogP contribution in [-0.4, -0.2) is 36.3 Å². The van der Waals surface area contributed by atoms with Gasteiger partial charge < -0.3 is 14.8 Å². The quantitative estimate of drug-likeness (QED) is 0.588. The van der Waals surface area contributed by atoms with Crippen molar-refractivity contribution in [3.63, 3.8) is 0 Å². The smallest absolute Gasteiger partial charge is 0.239 e. The highest BCUT2D eigenvalue weighted by Crippen LogP contribution is 2.24. The van der Waals surface area contributed by atoms with Gasteiger partial charge in [-0.2, -0.15) is 5.10 Å². The Labute approximate surface area is 162 Å². The van der Waals surface area contributed by atoms with Gasteiger partial charge in [0.15, 0.2) is 5.17 Å². The highest BCUT2D eigenvalue weighted by atomic mass is 32.2. The summed E-state index contributed by atoms with van der Waals surface area (Å²) in [5, 5.41) is 11.3. The van der Waals surface area contributed by atoms with Crippen LogP contribution < -0.4 is 14.8 Å². The molecule has 1 atom stereocenters. The van der Waals surface area contributed by atoms with Crippen molar-refractivity contribution in [2.75, 3.05) is 13.7 Å². The Morgan fingerprint density at radius 1 is 1.19 bits per heavy atom. The maximum atomic E-state index is 12.2. The minimum Gasteiger partial charge on any atom is -0.497 e. The molecule has 0 saturated carbocycles. The van der Waals surface area contributed by atoms with E-state index in [4.69, 9.17) is 9.47 Å². The van der Waals surface area contributed by atoms with Crippen LogP contribution in [0.15, 0.2) is 58.7 Å². The number of carbonyl (C=O) groups is 1. The first-order valence-electron chi connectivity index (χ1n) is 8.63. The van der Waals surface area contributed by atoms with Gasteiger partial charge in [-0.3, -0.25) is 4.79 Å². The monoisotopic (exact) mass is 383 g/mol. The molecule has 3 rings (SSSR count). The molecule has 1 heterocycles. The predicted octanol–water partition coefficient (Wildman–Crippen LogP) is 3.26. The molecule has 140 valence electrons. The molecule has 0 bridgehead atoms. The fourth-order valence-electron chi connectivity index (χ4n) is 2.58. The lowest BCUT2D eigenvalue weighted by molar-refractivity contribution is -0.118. The van der Waals surface area contributed by atoms with E-state index in [1.54, 1.807) is 13.3 Å². The molecule has 2 aromatic carbocycles. The topological polar surface area (TPSA) is 72.3 Å². The Hall–Kier alpha value is -2.80. The van der Waals surface area contributed by atoms with Crippen LogP contribution in [0.3, 0.4) is 0 Å². The average molecular weight is 383 g/mol. The third-order valence-electron chi connectivity index (χ3n) is 3.92. The largest absolute Gasteiger partial charge is 0.497 e. The van der Waals surface area contributed by atoms with Crippen LogP contribution in [0, 0.1) is 0 Å². The molecule has 1 saturated heterocycles. The zero-order valence-corrected chi connectivity index (χ0v) is 16.0. The van der Waals surface area contributed by atoms with E-state index in [0.29, 0.717) is 18.2 Å². The van der Waals surface area contributed by atoms with Gasteiger partial charge in [0.05, 0.1) is 25.2 Å². The van der Waals surface area contributed by atoms with Crippen LogP contribution in [0.25, 0.3) is 0 Å². The van der Waals surface area contributed by atoms with Crippen molar-refractivity contribution in [1.82, 2.24) is 5.32 Å². The summed E-state index contributed by atoms with van der Waals surface area (Å²) in [6.07, 6.45) is 2.25. The zero-order valence-electron chi connectivity index (χ0n) is 15.2. The van der Waals surface area contributed by atoms with Gasteiger partial charge in [-0.25, -0.2) is 0 Å². The standard InChI is InChI=1S/C20H21N3O3S/c1-3-26-17-7-5-4-6-15(17)13-21-23-20-22-19(24)18(27-20)12-14-8-10-16(25-2)11-9-14/h4-11,13,18H,3,12H2,1-2H3,(H,22,23,24)/b21-13+. The summed E-state index contributed by atoms with van der Waals surface area (Å²) in [6.45, 7) is 2.51. The van der Waals surface area contributed by atoms with Gasteiger partial charge in [0, 0.05) is 5.56 Å².